The average Bonchev–Trinajstić information content (AvgIpc) is 2.17. The third-order valence-corrected chi connectivity index (χ3v) is 1.14. The first-order valence-corrected chi connectivity index (χ1v) is 2.57. The molecule has 0 aromatic heterocycles. The van der Waals surface area contributed by atoms with Crippen LogP contribution in [0.2, 0.25) is 0 Å². The highest BCUT2D eigenvalue weighted by molar-refractivity contribution is 5.08. The molecule has 0 radical (unpaired) electrons. The highest BCUT2D eigenvalue weighted by Crippen LogP contribution is 2.30. The fraction of sp³-hybridized carbons (Fsp3) is 0.667. The zero-order valence-electron chi connectivity index (χ0n) is 4.77. The molecule has 1 heterocycles. The van der Waals surface area contributed by atoms with Crippen LogP contribution in [0, 0.1) is 5.92 Å². The van der Waals surface area contributed by atoms with E-state index in [2.05, 4.69) is 20.4 Å². The second kappa shape index (κ2) is 1.25. The molecular weight excluding hydrogens is 88.1 g/mol. The van der Waals surface area contributed by atoms with Gasteiger partial charge in [-0.05, 0) is 5.92 Å². The first-order valence-electron chi connectivity index (χ1n) is 2.57. The minimum Gasteiger partial charge on any atom is -0.483 e. The van der Waals surface area contributed by atoms with Crippen molar-refractivity contribution in [2.75, 3.05) is 0 Å². The Balaban J connectivity index is 2.33. The minimum atomic E-state index is 0.375. The first-order chi connectivity index (χ1) is 3.22. The van der Waals surface area contributed by atoms with Gasteiger partial charge in [0.15, 0.2) is 6.10 Å². The molecule has 1 fully saturated rings. The molecule has 0 amide bonds. The predicted molar refractivity (Wildman–Crippen MR) is 28.9 cm³/mol. The lowest BCUT2D eigenvalue weighted by atomic mass is 10.1. The second-order valence-electron chi connectivity index (χ2n) is 2.25. The quantitative estimate of drug-likeness (QED) is 0.453. The first kappa shape index (κ1) is 4.69. The van der Waals surface area contributed by atoms with E-state index in [0.29, 0.717) is 12.0 Å². The minimum absolute atomic E-state index is 0.375. The third-order valence-electron chi connectivity index (χ3n) is 1.14. The maximum Gasteiger partial charge on any atom is 0.157 e. The molecule has 1 heteroatoms. The molecule has 0 N–H and O–H groups in total. The van der Waals surface area contributed by atoms with Gasteiger partial charge in [-0.15, -0.1) is 0 Å². The molecule has 0 aromatic rings. The highest BCUT2D eigenvalue weighted by atomic mass is 16.6. The van der Waals surface area contributed by atoms with Crippen molar-refractivity contribution in [1.82, 2.24) is 0 Å². The predicted octanol–water partition coefficient (Wildman–Crippen LogP) is 1.55. The summed E-state index contributed by atoms with van der Waals surface area (Å²) in [6.07, 6.45) is 0.375. The van der Waals surface area contributed by atoms with E-state index < -0.39 is 0 Å². The van der Waals surface area contributed by atoms with Crippen LogP contribution < -0.4 is 0 Å². The summed E-state index contributed by atoms with van der Waals surface area (Å²) in [4.78, 5) is 0. The van der Waals surface area contributed by atoms with Crippen molar-refractivity contribution in [3.63, 3.8) is 0 Å². The van der Waals surface area contributed by atoms with E-state index in [1.54, 1.807) is 0 Å². The van der Waals surface area contributed by atoms with Gasteiger partial charge in [-0.1, -0.05) is 20.4 Å². The van der Waals surface area contributed by atoms with Gasteiger partial charge in [0, 0.05) is 0 Å². The molecule has 1 atom stereocenters. The van der Waals surface area contributed by atoms with Gasteiger partial charge in [0.05, 0.1) is 0 Å². The number of hydrogen-bond acceptors (Lipinski definition) is 1. The van der Waals surface area contributed by atoms with E-state index in [0.717, 1.165) is 5.76 Å². The van der Waals surface area contributed by atoms with Gasteiger partial charge in [0.1, 0.15) is 5.76 Å². The highest BCUT2D eigenvalue weighted by Gasteiger charge is 2.32. The van der Waals surface area contributed by atoms with Gasteiger partial charge in [-0.25, -0.2) is 0 Å². The Morgan fingerprint density at radius 1 is 1.71 bits per heavy atom. The molecule has 1 rings (SSSR count). The van der Waals surface area contributed by atoms with E-state index >= 15 is 0 Å². The van der Waals surface area contributed by atoms with Crippen LogP contribution in [0.3, 0.4) is 0 Å². The van der Waals surface area contributed by atoms with Crippen molar-refractivity contribution >= 4 is 0 Å². The van der Waals surface area contributed by atoms with Crippen LogP contribution >= 0.6 is 0 Å². The average molecular weight is 98.1 g/mol. The van der Waals surface area contributed by atoms with E-state index in [9.17, 15) is 0 Å². The summed E-state index contributed by atoms with van der Waals surface area (Å²) in [5, 5.41) is 0. The Morgan fingerprint density at radius 2 is 2.14 bits per heavy atom. The molecule has 1 nitrogen and oxygen atoms in total. The summed E-state index contributed by atoms with van der Waals surface area (Å²) in [7, 11) is 0. The maximum atomic E-state index is 4.98. The fourth-order valence-corrected chi connectivity index (χ4v) is 0.637. The summed E-state index contributed by atoms with van der Waals surface area (Å²) in [6.45, 7) is 7.90. The zero-order chi connectivity index (χ0) is 5.44. The van der Waals surface area contributed by atoms with Crippen LogP contribution in [-0.4, -0.2) is 6.10 Å². The van der Waals surface area contributed by atoms with E-state index in [1.807, 2.05) is 0 Å². The molecule has 0 aromatic carbocycles. The van der Waals surface area contributed by atoms with Crippen molar-refractivity contribution in [2.24, 2.45) is 5.92 Å². The molecule has 7 heavy (non-hydrogen) atoms. The van der Waals surface area contributed by atoms with Crippen molar-refractivity contribution in [2.45, 2.75) is 20.0 Å². The van der Waals surface area contributed by atoms with Crippen molar-refractivity contribution in [3.8, 4) is 0 Å². The molecular formula is C6H10O. The number of ether oxygens (including phenoxy) is 1. The summed E-state index contributed by atoms with van der Waals surface area (Å²) in [5.41, 5.74) is 0. The number of rotatable bonds is 1. The van der Waals surface area contributed by atoms with Crippen molar-refractivity contribution < 1.29 is 4.74 Å². The van der Waals surface area contributed by atoms with Gasteiger partial charge in [0.25, 0.3) is 0 Å². The molecule has 1 saturated heterocycles. The van der Waals surface area contributed by atoms with Crippen molar-refractivity contribution in [1.29, 1.82) is 0 Å². The lowest BCUT2D eigenvalue weighted by Crippen LogP contribution is -1.93. The maximum absolute atomic E-state index is 4.98. The molecule has 0 bridgehead atoms. The van der Waals surface area contributed by atoms with Gasteiger partial charge in [0.2, 0.25) is 0 Å². The Bertz CT molecular complexity index is 94.4. The van der Waals surface area contributed by atoms with E-state index in [4.69, 9.17) is 4.74 Å². The Kier molecular flexibility index (Phi) is 0.841. The monoisotopic (exact) mass is 98.1 g/mol. The Morgan fingerprint density at radius 3 is 2.14 bits per heavy atom. The van der Waals surface area contributed by atoms with Crippen LogP contribution in [0.15, 0.2) is 12.3 Å². The fourth-order valence-electron chi connectivity index (χ4n) is 0.637. The van der Waals surface area contributed by atoms with Gasteiger partial charge < -0.3 is 4.74 Å². The van der Waals surface area contributed by atoms with Gasteiger partial charge in [-0.3, -0.25) is 0 Å². The summed E-state index contributed by atoms with van der Waals surface area (Å²) < 4.78 is 4.98. The molecule has 0 spiro atoms. The lowest BCUT2D eigenvalue weighted by molar-refractivity contribution is 0.365. The SMILES string of the molecule is C=C1OC1C(C)C. The second-order valence-corrected chi connectivity index (χ2v) is 2.25. The number of epoxide rings is 1. The lowest BCUT2D eigenvalue weighted by Gasteiger charge is -1.89. The standard InChI is InChI=1S/C6H10O/c1-4(2)6-5(3)7-6/h4,6H,3H2,1-2H3. The number of hydrogen-bond donors (Lipinski definition) is 0. The van der Waals surface area contributed by atoms with Crippen LogP contribution in [0.5, 0.6) is 0 Å². The molecule has 0 aliphatic carbocycles. The normalized spacial score (nSPS) is 27.9. The third kappa shape index (κ3) is 0.763. The van der Waals surface area contributed by atoms with Crippen molar-refractivity contribution in [3.05, 3.63) is 12.3 Å². The van der Waals surface area contributed by atoms with E-state index in [1.165, 1.54) is 0 Å². The summed E-state index contributed by atoms with van der Waals surface area (Å²) in [6, 6.07) is 0. The van der Waals surface area contributed by atoms with Crippen LogP contribution in [0.1, 0.15) is 13.8 Å². The Labute approximate surface area is 44.0 Å². The Hall–Kier alpha value is -0.460. The molecule has 1 unspecified atom stereocenters. The van der Waals surface area contributed by atoms with Crippen LogP contribution in [0.25, 0.3) is 0 Å². The van der Waals surface area contributed by atoms with Crippen LogP contribution in [0.4, 0.5) is 0 Å². The molecule has 1 aliphatic rings. The summed E-state index contributed by atoms with van der Waals surface area (Å²) >= 11 is 0. The molecule has 40 valence electrons. The van der Waals surface area contributed by atoms with Crippen LogP contribution in [-0.2, 0) is 4.74 Å². The largest absolute Gasteiger partial charge is 0.483 e. The zero-order valence-corrected chi connectivity index (χ0v) is 4.77. The van der Waals surface area contributed by atoms with Gasteiger partial charge in [-0.2, -0.15) is 0 Å². The van der Waals surface area contributed by atoms with E-state index in [-0.39, 0.29) is 0 Å². The molecule has 1 aliphatic heterocycles. The molecule has 0 saturated carbocycles. The smallest absolute Gasteiger partial charge is 0.157 e. The van der Waals surface area contributed by atoms with Gasteiger partial charge >= 0.3 is 0 Å². The topological polar surface area (TPSA) is 12.5 Å². The summed E-state index contributed by atoms with van der Waals surface area (Å²) in [5.74, 6) is 1.57.